The minimum absolute atomic E-state index is 0.0571. The number of aliphatic hydroxyl groups excluding tert-OH is 4. The number of carbonyl (C=O) groups is 2. The molecule has 1 fully saturated rings. The van der Waals surface area contributed by atoms with E-state index in [2.05, 4.69) is 48.8 Å². The number of rotatable bonds is 40. The van der Waals surface area contributed by atoms with E-state index < -0.39 is 83.5 Å². The topological polar surface area (TPSA) is 265 Å². The second kappa shape index (κ2) is 37.9. The zero-order valence-electron chi connectivity index (χ0n) is 39.0. The highest BCUT2D eigenvalue weighted by atomic mass is 31.2. The fraction of sp³-hybridized carbons (Fsp3) is 0.787. The van der Waals surface area contributed by atoms with E-state index in [4.69, 9.17) is 18.5 Å². The van der Waals surface area contributed by atoms with Gasteiger partial charge in [0.2, 0.25) is 0 Å². The number of unbranched alkanes of at least 4 members (excludes halogenated alkanes) is 18. The molecule has 0 saturated heterocycles. The van der Waals surface area contributed by atoms with Crippen molar-refractivity contribution in [3.05, 3.63) is 48.6 Å². The van der Waals surface area contributed by atoms with E-state index in [1.165, 1.54) is 83.5 Å². The van der Waals surface area contributed by atoms with Gasteiger partial charge < -0.3 is 62.7 Å². The molecule has 0 radical (unpaired) electrons. The quantitative estimate of drug-likeness (QED) is 0.0202. The normalized spacial score (nSPS) is 22.0. The minimum Gasteiger partial charge on any atom is -0.790 e. The highest BCUT2D eigenvalue weighted by molar-refractivity contribution is 7.45. The summed E-state index contributed by atoms with van der Waals surface area (Å²) in [6.45, 7) is 2.91. The van der Waals surface area contributed by atoms with E-state index >= 15 is 0 Å². The summed E-state index contributed by atoms with van der Waals surface area (Å²) in [4.78, 5) is 60.5. The Labute approximate surface area is 388 Å². The van der Waals surface area contributed by atoms with Crippen molar-refractivity contribution in [2.45, 2.75) is 224 Å². The van der Waals surface area contributed by atoms with E-state index in [9.17, 15) is 53.8 Å². The molecule has 1 rings (SSSR count). The van der Waals surface area contributed by atoms with Crippen LogP contribution in [-0.4, -0.2) is 88.3 Å². The minimum atomic E-state index is -5.88. The number of hydrogen-bond donors (Lipinski definition) is 4. The van der Waals surface area contributed by atoms with Gasteiger partial charge in [-0.2, -0.15) is 0 Å². The van der Waals surface area contributed by atoms with Crippen LogP contribution in [0.25, 0.3) is 0 Å². The van der Waals surface area contributed by atoms with Crippen LogP contribution >= 0.6 is 15.6 Å². The van der Waals surface area contributed by atoms with Gasteiger partial charge in [0.05, 0.1) is 14.4 Å². The van der Waals surface area contributed by atoms with Gasteiger partial charge in [0.15, 0.2) is 6.10 Å². The first-order valence-electron chi connectivity index (χ1n) is 24.1. The smallest absolute Gasteiger partial charge is 0.306 e. The number of phosphoric ester groups is 2. The molecule has 0 bridgehead atoms. The molecular weight excluding hydrogens is 882 g/mol. The van der Waals surface area contributed by atoms with Gasteiger partial charge in [-0.25, -0.2) is 0 Å². The zero-order chi connectivity index (χ0) is 48.2. The van der Waals surface area contributed by atoms with Crippen molar-refractivity contribution < 1.29 is 76.9 Å². The Kier molecular flexibility index (Phi) is 35.5. The molecule has 16 nitrogen and oxygen atoms in total. The molecule has 65 heavy (non-hydrogen) atoms. The van der Waals surface area contributed by atoms with Gasteiger partial charge in [-0.05, 0) is 51.4 Å². The Morgan fingerprint density at radius 2 is 0.923 bits per heavy atom. The number of esters is 2. The predicted molar refractivity (Wildman–Crippen MR) is 244 cm³/mol. The van der Waals surface area contributed by atoms with Crippen LogP contribution in [-0.2, 0) is 41.8 Å². The van der Waals surface area contributed by atoms with E-state index in [0.29, 0.717) is 19.3 Å². The van der Waals surface area contributed by atoms with Crippen LogP contribution in [0.2, 0.25) is 0 Å². The summed E-state index contributed by atoms with van der Waals surface area (Å²) < 4.78 is 48.4. The molecule has 0 aliphatic heterocycles. The monoisotopic (exact) mass is 964 g/mol. The first kappa shape index (κ1) is 61.0. The van der Waals surface area contributed by atoms with Crippen molar-refractivity contribution in [3.63, 3.8) is 0 Å². The van der Waals surface area contributed by atoms with Gasteiger partial charge in [-0.1, -0.05) is 165 Å². The first-order valence-corrected chi connectivity index (χ1v) is 27.1. The van der Waals surface area contributed by atoms with Crippen molar-refractivity contribution in [2.24, 2.45) is 0 Å². The van der Waals surface area contributed by atoms with Gasteiger partial charge in [0.1, 0.15) is 43.2 Å². The van der Waals surface area contributed by atoms with Crippen LogP contribution in [0, 0.1) is 0 Å². The summed E-state index contributed by atoms with van der Waals surface area (Å²) in [5.41, 5.74) is 0. The van der Waals surface area contributed by atoms with Crippen LogP contribution in [0.1, 0.15) is 181 Å². The molecule has 1 saturated carbocycles. The van der Waals surface area contributed by atoms with Crippen LogP contribution < -0.4 is 14.7 Å². The summed E-state index contributed by atoms with van der Waals surface area (Å²) in [6.07, 6.45) is 26.8. The summed E-state index contributed by atoms with van der Waals surface area (Å²) >= 11 is 0. The SMILES string of the molecule is CCCCC/C=C\C/C=C\C/C=C\C/C=C\CCCC(=O)O[C@H](COC(=O)CCCCCCCCCCCCCCCCC)COP(=O)([O-])O[C@H]1[C@H](O)[C@@H](OP(=O)([O-])[O-])[C@H](O)[C@@H](O)[C@H]1O. The Morgan fingerprint density at radius 3 is 1.42 bits per heavy atom. The summed E-state index contributed by atoms with van der Waals surface area (Å²) in [5.74, 6) is -1.33. The fourth-order valence-electron chi connectivity index (χ4n) is 7.12. The van der Waals surface area contributed by atoms with E-state index in [0.717, 1.165) is 51.4 Å². The molecule has 4 N–H and O–H groups in total. The Balaban J connectivity index is 2.63. The molecule has 0 aromatic rings. The number of aliphatic hydroxyl groups is 4. The van der Waals surface area contributed by atoms with Crippen molar-refractivity contribution in [1.82, 2.24) is 0 Å². The zero-order valence-corrected chi connectivity index (χ0v) is 40.8. The summed E-state index contributed by atoms with van der Waals surface area (Å²) in [6, 6.07) is 0. The molecule has 0 spiro atoms. The maximum Gasteiger partial charge on any atom is 0.306 e. The molecule has 1 aliphatic rings. The summed E-state index contributed by atoms with van der Waals surface area (Å²) in [5, 5.41) is 41.0. The lowest BCUT2D eigenvalue weighted by Crippen LogP contribution is -2.65. The molecule has 18 heteroatoms. The molecule has 0 aromatic carbocycles. The lowest BCUT2D eigenvalue weighted by molar-refractivity contribution is -0.353. The predicted octanol–water partition coefficient (Wildman–Crippen LogP) is 7.39. The third-order valence-corrected chi connectivity index (χ3v) is 12.4. The Morgan fingerprint density at radius 1 is 0.508 bits per heavy atom. The highest BCUT2D eigenvalue weighted by Crippen LogP contribution is 2.45. The van der Waals surface area contributed by atoms with E-state index in [-0.39, 0.29) is 12.8 Å². The van der Waals surface area contributed by atoms with Crippen LogP contribution in [0.15, 0.2) is 48.6 Å². The molecule has 1 aliphatic carbocycles. The Bertz CT molecular complexity index is 1450. The fourth-order valence-corrected chi connectivity index (χ4v) is 8.62. The second-order valence-corrected chi connectivity index (χ2v) is 19.2. The number of hydrogen-bond acceptors (Lipinski definition) is 16. The molecular formula is C47H81O16P2-3. The van der Waals surface area contributed by atoms with Gasteiger partial charge >= 0.3 is 11.9 Å². The molecule has 1 unspecified atom stereocenters. The number of phosphoric acid groups is 2. The molecule has 378 valence electrons. The van der Waals surface area contributed by atoms with Crippen molar-refractivity contribution in [3.8, 4) is 0 Å². The first-order chi connectivity index (χ1) is 31.1. The molecule has 0 amide bonds. The van der Waals surface area contributed by atoms with Crippen molar-refractivity contribution >= 4 is 27.6 Å². The van der Waals surface area contributed by atoms with E-state index in [1.807, 2.05) is 18.2 Å². The number of ether oxygens (including phenoxy) is 2. The number of carbonyl (C=O) groups excluding carboxylic acids is 2. The van der Waals surface area contributed by atoms with Gasteiger partial charge in [0, 0.05) is 12.8 Å². The Hall–Kier alpha value is -2.04. The van der Waals surface area contributed by atoms with Gasteiger partial charge in [0.25, 0.3) is 7.82 Å². The largest absolute Gasteiger partial charge is 0.790 e. The third kappa shape index (κ3) is 32.4. The summed E-state index contributed by atoms with van der Waals surface area (Å²) in [7, 11) is -11.5. The lowest BCUT2D eigenvalue weighted by atomic mass is 9.85. The van der Waals surface area contributed by atoms with Crippen LogP contribution in [0.5, 0.6) is 0 Å². The molecule has 8 atom stereocenters. The van der Waals surface area contributed by atoms with Crippen molar-refractivity contribution in [1.29, 1.82) is 0 Å². The lowest BCUT2D eigenvalue weighted by Gasteiger charge is -2.47. The maximum absolute atomic E-state index is 12.8. The van der Waals surface area contributed by atoms with Crippen LogP contribution in [0.4, 0.5) is 0 Å². The average Bonchev–Trinajstić information content (AvgIpc) is 3.26. The molecule has 0 heterocycles. The van der Waals surface area contributed by atoms with Crippen molar-refractivity contribution in [2.75, 3.05) is 13.2 Å². The van der Waals surface area contributed by atoms with Gasteiger partial charge in [-0.3, -0.25) is 14.2 Å². The third-order valence-electron chi connectivity index (χ3n) is 10.9. The maximum atomic E-state index is 12.8. The van der Waals surface area contributed by atoms with E-state index in [1.54, 1.807) is 0 Å². The average molecular weight is 964 g/mol. The second-order valence-electron chi connectivity index (χ2n) is 16.8. The van der Waals surface area contributed by atoms with Crippen LogP contribution in [0.3, 0.4) is 0 Å². The molecule has 0 aromatic heterocycles. The number of allylic oxidation sites excluding steroid dienone is 8. The standard InChI is InChI=1S/C47H84O16P2/c1-3-5-7-9-11-13-15-17-19-20-22-24-26-28-30-32-34-36-41(49)61-39(37-59-40(48)35-33-31-29-27-25-23-21-18-16-14-12-10-8-6-4-2)38-60-65(57,58)63-47-44(52)42(50)43(51)46(45(47)53)62-64(54,55)56/h11,13,17,19,22,24,28,30,39,42-47,50-53H,3-10,12,14-16,18,20-21,23,25-27,29,31-38H2,1-2H3,(H,57,58)(H2,54,55,56)/p-3/b13-11-,19-17-,24-22-,30-28-/t39-,42-,43-,44-,45-,46+,47-/m1/s1. The highest BCUT2D eigenvalue weighted by Gasteiger charge is 2.51. The van der Waals surface area contributed by atoms with Gasteiger partial charge in [-0.15, -0.1) is 0 Å².